The molecule has 0 fully saturated rings. The Bertz CT molecular complexity index is 848. The van der Waals surface area contributed by atoms with Gasteiger partial charge in [0.2, 0.25) is 0 Å². The number of hydrogen-bond acceptors (Lipinski definition) is 5. The van der Waals surface area contributed by atoms with E-state index in [0.717, 1.165) is 11.3 Å². The van der Waals surface area contributed by atoms with Gasteiger partial charge in [0.15, 0.2) is 18.1 Å². The Kier molecular flexibility index (Phi) is 4.34. The summed E-state index contributed by atoms with van der Waals surface area (Å²) in [6.07, 6.45) is 1.54. The molecule has 0 amide bonds. The highest BCUT2D eigenvalue weighted by molar-refractivity contribution is 5.79. The normalized spacial score (nSPS) is 10.9. The van der Waals surface area contributed by atoms with E-state index in [-0.39, 0.29) is 12.4 Å². The minimum Gasteiger partial charge on any atom is -0.497 e. The summed E-state index contributed by atoms with van der Waals surface area (Å²) in [5.74, 6) is 1.15. The van der Waals surface area contributed by atoms with E-state index in [1.807, 2.05) is 24.3 Å². The third-order valence-electron chi connectivity index (χ3n) is 3.51. The average Bonchev–Trinajstić information content (AvgIpc) is 3.06. The molecule has 2 aromatic heterocycles. The van der Waals surface area contributed by atoms with Gasteiger partial charge in [-0.3, -0.25) is 4.79 Å². The Morgan fingerprint density at radius 1 is 1.13 bits per heavy atom. The SMILES string of the molecule is COCOc1cc(=O)n(Cc2ccc(OC)cc2)c2ccoc12. The van der Waals surface area contributed by atoms with Crippen LogP contribution in [-0.2, 0) is 11.3 Å². The van der Waals surface area contributed by atoms with Crippen molar-refractivity contribution in [2.45, 2.75) is 6.54 Å². The zero-order chi connectivity index (χ0) is 16.2. The van der Waals surface area contributed by atoms with Crippen molar-refractivity contribution in [3.05, 3.63) is 58.6 Å². The first-order valence-electron chi connectivity index (χ1n) is 7.08. The van der Waals surface area contributed by atoms with Gasteiger partial charge < -0.3 is 23.2 Å². The molecule has 2 heterocycles. The Morgan fingerprint density at radius 2 is 1.91 bits per heavy atom. The average molecular weight is 315 g/mol. The van der Waals surface area contributed by atoms with Crippen LogP contribution in [0.2, 0.25) is 0 Å². The number of methoxy groups -OCH3 is 2. The molecule has 3 rings (SSSR count). The molecule has 120 valence electrons. The fourth-order valence-corrected chi connectivity index (χ4v) is 2.38. The minimum absolute atomic E-state index is 0.0533. The van der Waals surface area contributed by atoms with Crippen molar-refractivity contribution in [3.63, 3.8) is 0 Å². The van der Waals surface area contributed by atoms with Crippen LogP contribution >= 0.6 is 0 Å². The molecule has 0 saturated carbocycles. The van der Waals surface area contributed by atoms with Gasteiger partial charge in [0, 0.05) is 19.2 Å². The van der Waals surface area contributed by atoms with Crippen LogP contribution in [0.1, 0.15) is 5.56 Å². The predicted octanol–water partition coefficient (Wildman–Crippen LogP) is 2.63. The van der Waals surface area contributed by atoms with E-state index in [9.17, 15) is 4.79 Å². The summed E-state index contributed by atoms with van der Waals surface area (Å²) < 4.78 is 22.5. The molecule has 0 aliphatic rings. The van der Waals surface area contributed by atoms with Crippen molar-refractivity contribution in [2.24, 2.45) is 0 Å². The van der Waals surface area contributed by atoms with E-state index in [1.165, 1.54) is 19.4 Å². The van der Waals surface area contributed by atoms with Gasteiger partial charge in [-0.1, -0.05) is 12.1 Å². The number of ether oxygens (including phenoxy) is 3. The van der Waals surface area contributed by atoms with Crippen LogP contribution in [-0.4, -0.2) is 25.6 Å². The van der Waals surface area contributed by atoms with Crippen LogP contribution in [0.3, 0.4) is 0 Å². The zero-order valence-electron chi connectivity index (χ0n) is 12.9. The Morgan fingerprint density at radius 3 is 2.61 bits per heavy atom. The maximum absolute atomic E-state index is 12.4. The molecular formula is C17H17NO5. The van der Waals surface area contributed by atoms with Gasteiger partial charge in [-0.05, 0) is 17.7 Å². The number of furan rings is 1. The molecule has 0 bridgehead atoms. The van der Waals surface area contributed by atoms with Gasteiger partial charge in [0.05, 0.1) is 25.4 Å². The van der Waals surface area contributed by atoms with E-state index >= 15 is 0 Å². The van der Waals surface area contributed by atoms with Crippen molar-refractivity contribution in [3.8, 4) is 11.5 Å². The van der Waals surface area contributed by atoms with Crippen LogP contribution in [0, 0.1) is 0 Å². The van der Waals surface area contributed by atoms with Crippen LogP contribution in [0.25, 0.3) is 11.1 Å². The predicted molar refractivity (Wildman–Crippen MR) is 85.1 cm³/mol. The fourth-order valence-electron chi connectivity index (χ4n) is 2.38. The van der Waals surface area contributed by atoms with Gasteiger partial charge in [-0.25, -0.2) is 0 Å². The minimum atomic E-state index is -0.166. The molecule has 0 N–H and O–H groups in total. The second-order valence-corrected chi connectivity index (χ2v) is 4.97. The Hall–Kier alpha value is -2.73. The summed E-state index contributed by atoms with van der Waals surface area (Å²) in [6, 6.07) is 10.7. The molecule has 0 unspecified atom stereocenters. The van der Waals surface area contributed by atoms with Crippen LogP contribution in [0.4, 0.5) is 0 Å². The lowest BCUT2D eigenvalue weighted by atomic mass is 10.2. The number of hydrogen-bond donors (Lipinski definition) is 0. The molecule has 0 aliphatic heterocycles. The molecule has 6 nitrogen and oxygen atoms in total. The lowest BCUT2D eigenvalue weighted by Crippen LogP contribution is -2.20. The highest BCUT2D eigenvalue weighted by Gasteiger charge is 2.13. The topological polar surface area (TPSA) is 62.8 Å². The molecule has 0 spiro atoms. The molecule has 6 heteroatoms. The monoisotopic (exact) mass is 315 g/mol. The van der Waals surface area contributed by atoms with Crippen molar-refractivity contribution in [1.82, 2.24) is 4.57 Å². The van der Waals surface area contributed by atoms with Crippen LogP contribution in [0.15, 0.2) is 51.9 Å². The molecule has 0 saturated heterocycles. The molecule has 3 aromatic rings. The van der Waals surface area contributed by atoms with Gasteiger partial charge in [-0.15, -0.1) is 0 Å². The summed E-state index contributed by atoms with van der Waals surface area (Å²) in [7, 11) is 3.14. The summed E-state index contributed by atoms with van der Waals surface area (Å²) in [5.41, 5.74) is 2.02. The summed E-state index contributed by atoms with van der Waals surface area (Å²) in [4.78, 5) is 12.4. The van der Waals surface area contributed by atoms with E-state index in [1.54, 1.807) is 17.7 Å². The van der Waals surface area contributed by atoms with Crippen LogP contribution < -0.4 is 15.0 Å². The maximum Gasteiger partial charge on any atom is 0.255 e. The number of pyridine rings is 1. The van der Waals surface area contributed by atoms with Crippen molar-refractivity contribution < 1.29 is 18.6 Å². The van der Waals surface area contributed by atoms with Gasteiger partial charge in [-0.2, -0.15) is 0 Å². The molecular weight excluding hydrogens is 298 g/mol. The highest BCUT2D eigenvalue weighted by atomic mass is 16.7. The van der Waals surface area contributed by atoms with E-state index in [4.69, 9.17) is 18.6 Å². The number of benzene rings is 1. The first-order valence-corrected chi connectivity index (χ1v) is 7.08. The maximum atomic E-state index is 12.4. The smallest absolute Gasteiger partial charge is 0.255 e. The molecule has 1 aromatic carbocycles. The third kappa shape index (κ3) is 3.07. The standard InChI is InChI=1S/C17H17NO5/c1-20-11-23-15-9-16(19)18(14-7-8-22-17(14)15)10-12-3-5-13(21-2)6-4-12/h3-9H,10-11H2,1-2H3. The van der Waals surface area contributed by atoms with Crippen LogP contribution in [0.5, 0.6) is 11.5 Å². The summed E-state index contributed by atoms with van der Waals surface area (Å²) in [6.45, 7) is 0.487. The molecule has 0 radical (unpaired) electrons. The quantitative estimate of drug-likeness (QED) is 0.654. The largest absolute Gasteiger partial charge is 0.497 e. The number of aromatic nitrogens is 1. The fraction of sp³-hybridized carbons (Fsp3) is 0.235. The first kappa shape index (κ1) is 15.2. The lowest BCUT2D eigenvalue weighted by molar-refractivity contribution is 0.0513. The molecule has 0 aliphatic carbocycles. The summed E-state index contributed by atoms with van der Waals surface area (Å²) in [5, 5.41) is 0. The summed E-state index contributed by atoms with van der Waals surface area (Å²) >= 11 is 0. The lowest BCUT2D eigenvalue weighted by Gasteiger charge is -2.11. The van der Waals surface area contributed by atoms with Crippen molar-refractivity contribution >= 4 is 11.1 Å². The van der Waals surface area contributed by atoms with Crippen molar-refractivity contribution in [1.29, 1.82) is 0 Å². The number of rotatable bonds is 6. The van der Waals surface area contributed by atoms with Gasteiger partial charge >= 0.3 is 0 Å². The Balaban J connectivity index is 1.98. The highest BCUT2D eigenvalue weighted by Crippen LogP contribution is 2.25. The third-order valence-corrected chi connectivity index (χ3v) is 3.51. The second kappa shape index (κ2) is 6.58. The van der Waals surface area contributed by atoms with E-state index in [2.05, 4.69) is 0 Å². The number of fused-ring (bicyclic) bond motifs is 1. The molecule has 23 heavy (non-hydrogen) atoms. The molecule has 0 atom stereocenters. The van der Waals surface area contributed by atoms with E-state index in [0.29, 0.717) is 23.4 Å². The second-order valence-electron chi connectivity index (χ2n) is 4.97. The first-order chi connectivity index (χ1) is 11.2. The van der Waals surface area contributed by atoms with E-state index < -0.39 is 0 Å². The van der Waals surface area contributed by atoms with Gasteiger partial charge in [0.25, 0.3) is 5.56 Å². The zero-order valence-corrected chi connectivity index (χ0v) is 12.9. The van der Waals surface area contributed by atoms with Crippen molar-refractivity contribution in [2.75, 3.05) is 21.0 Å². The van der Waals surface area contributed by atoms with Gasteiger partial charge in [0.1, 0.15) is 5.75 Å². The Labute approximate surface area is 132 Å². The number of nitrogens with zero attached hydrogens (tertiary/aromatic N) is 1.